The lowest BCUT2D eigenvalue weighted by Gasteiger charge is -2.32. The van der Waals surface area contributed by atoms with Crippen LogP contribution < -0.4 is 20.1 Å². The number of anilines is 1. The average Bonchev–Trinajstić information content (AvgIpc) is 2.98. The Balaban J connectivity index is 1.59. The Morgan fingerprint density at radius 2 is 1.95 bits per heavy atom. The zero-order valence-corrected chi connectivity index (χ0v) is 26.9. The molecule has 3 heterocycles. The highest BCUT2D eigenvalue weighted by Gasteiger charge is 2.36. The van der Waals surface area contributed by atoms with Gasteiger partial charge in [0.15, 0.2) is 5.75 Å². The largest absolute Gasteiger partial charge is 0.493 e. The van der Waals surface area contributed by atoms with Crippen LogP contribution in [0.25, 0.3) is 0 Å². The molecule has 0 bridgehead atoms. The minimum atomic E-state index is -0.779. The molecule has 2 aromatic heterocycles. The van der Waals surface area contributed by atoms with Crippen LogP contribution in [-0.4, -0.2) is 57.7 Å². The number of amides is 2. The zero-order valence-electron chi connectivity index (χ0n) is 25.3. The number of imide groups is 1. The number of carbonyl (C=O) groups is 2. The van der Waals surface area contributed by atoms with Crippen LogP contribution in [0.2, 0.25) is 5.02 Å². The SMILES string of the molecule is COc1c(Cl)cccc1NC(=S)C1=C(NCc2ccncc2OCC(C)c2ccccn2)CCN(C(=O)OC(C)(C)C)C1=O. The van der Waals surface area contributed by atoms with E-state index in [1.54, 1.807) is 57.6 Å². The average molecular weight is 638 g/mol. The van der Waals surface area contributed by atoms with Gasteiger partial charge in [-0.2, -0.15) is 0 Å². The molecule has 1 aliphatic heterocycles. The fourth-order valence-electron chi connectivity index (χ4n) is 4.47. The molecule has 0 saturated carbocycles. The van der Waals surface area contributed by atoms with Gasteiger partial charge in [-0.25, -0.2) is 9.69 Å². The number of thiocarbonyl (C=S) groups is 1. The maximum atomic E-state index is 13.8. The number of hydrogen-bond acceptors (Lipinski definition) is 9. The van der Waals surface area contributed by atoms with Crippen molar-refractivity contribution in [1.29, 1.82) is 0 Å². The molecular formula is C32H36ClN5O5S. The minimum Gasteiger partial charge on any atom is -0.493 e. The van der Waals surface area contributed by atoms with Crippen LogP contribution in [0.4, 0.5) is 10.5 Å². The van der Waals surface area contributed by atoms with E-state index in [1.807, 2.05) is 31.2 Å². The number of rotatable bonds is 10. The summed E-state index contributed by atoms with van der Waals surface area (Å²) in [7, 11) is 1.49. The zero-order chi connectivity index (χ0) is 31.9. The van der Waals surface area contributed by atoms with E-state index in [0.717, 1.165) is 16.2 Å². The number of carbonyl (C=O) groups excluding carboxylic acids is 2. The Morgan fingerprint density at radius 1 is 1.16 bits per heavy atom. The molecule has 0 saturated heterocycles. The second-order valence-corrected chi connectivity index (χ2v) is 11.9. The van der Waals surface area contributed by atoms with Gasteiger partial charge in [0.1, 0.15) is 16.3 Å². The summed E-state index contributed by atoms with van der Waals surface area (Å²) in [5.41, 5.74) is 2.16. The Kier molecular flexibility index (Phi) is 10.8. The summed E-state index contributed by atoms with van der Waals surface area (Å²) in [6, 6.07) is 12.8. The fourth-order valence-corrected chi connectivity index (χ4v) is 5.04. The lowest BCUT2D eigenvalue weighted by atomic mass is 10.0. The lowest BCUT2D eigenvalue weighted by molar-refractivity contribution is -0.126. The van der Waals surface area contributed by atoms with Gasteiger partial charge in [0.05, 0.1) is 36.2 Å². The summed E-state index contributed by atoms with van der Waals surface area (Å²) in [4.78, 5) is 36.6. The smallest absolute Gasteiger partial charge is 0.417 e. The molecule has 44 heavy (non-hydrogen) atoms. The Morgan fingerprint density at radius 3 is 2.66 bits per heavy atom. The van der Waals surface area contributed by atoms with Crippen molar-refractivity contribution in [3.8, 4) is 11.5 Å². The summed E-state index contributed by atoms with van der Waals surface area (Å²) in [5, 5.41) is 6.83. The molecule has 1 atom stereocenters. The molecule has 0 radical (unpaired) electrons. The number of aromatic nitrogens is 2. The Bertz CT molecular complexity index is 1540. The number of hydrogen-bond donors (Lipinski definition) is 2. The van der Waals surface area contributed by atoms with Crippen LogP contribution in [0, 0.1) is 0 Å². The van der Waals surface area contributed by atoms with E-state index in [1.165, 1.54) is 7.11 Å². The van der Waals surface area contributed by atoms with E-state index in [4.69, 9.17) is 38.0 Å². The van der Waals surface area contributed by atoms with Gasteiger partial charge in [-0.15, -0.1) is 0 Å². The van der Waals surface area contributed by atoms with Crippen molar-refractivity contribution < 1.29 is 23.8 Å². The van der Waals surface area contributed by atoms with Crippen molar-refractivity contribution in [2.24, 2.45) is 0 Å². The van der Waals surface area contributed by atoms with Gasteiger partial charge < -0.3 is 24.8 Å². The third-order valence-corrected chi connectivity index (χ3v) is 7.25. The van der Waals surface area contributed by atoms with E-state index >= 15 is 0 Å². The number of ether oxygens (including phenoxy) is 3. The monoisotopic (exact) mass is 637 g/mol. The molecule has 3 aromatic rings. The van der Waals surface area contributed by atoms with Gasteiger partial charge in [0.2, 0.25) is 0 Å². The number of benzene rings is 1. The van der Waals surface area contributed by atoms with Gasteiger partial charge in [0.25, 0.3) is 5.91 Å². The second kappa shape index (κ2) is 14.5. The van der Waals surface area contributed by atoms with Crippen LogP contribution >= 0.6 is 23.8 Å². The Labute approximate surface area is 267 Å². The highest BCUT2D eigenvalue weighted by molar-refractivity contribution is 7.81. The molecule has 1 aliphatic rings. The third-order valence-electron chi connectivity index (χ3n) is 6.65. The van der Waals surface area contributed by atoms with Gasteiger partial charge in [-0.1, -0.05) is 42.9 Å². The standard InChI is InChI=1S/C32H36ClN5O5S/c1-20(23-10-6-7-14-35-23)19-42-26-18-34-15-12-21(26)17-36-24-13-16-38(31(40)43-32(2,3)4)30(39)27(24)29(44)37-25-11-8-9-22(33)28(25)41-5/h6-12,14-15,18,20,36H,13,16-17,19H2,1-5H3,(H,37,44). The molecule has 0 aliphatic carbocycles. The molecule has 232 valence electrons. The minimum absolute atomic E-state index is 0.0632. The van der Waals surface area contributed by atoms with Crippen LogP contribution in [-0.2, 0) is 16.1 Å². The van der Waals surface area contributed by atoms with E-state index < -0.39 is 17.6 Å². The van der Waals surface area contributed by atoms with Gasteiger partial charge in [-0.3, -0.25) is 14.8 Å². The maximum absolute atomic E-state index is 13.8. The van der Waals surface area contributed by atoms with Gasteiger partial charge in [-0.05, 0) is 51.1 Å². The first kappa shape index (κ1) is 32.7. The molecule has 2 amide bonds. The van der Waals surface area contributed by atoms with E-state index in [0.29, 0.717) is 47.5 Å². The summed E-state index contributed by atoms with van der Waals surface area (Å²) < 4.78 is 17.1. The molecular weight excluding hydrogens is 602 g/mol. The number of methoxy groups -OCH3 is 1. The first-order chi connectivity index (χ1) is 21.0. The summed E-state index contributed by atoms with van der Waals surface area (Å²) in [6.45, 7) is 8.11. The van der Waals surface area contributed by atoms with Crippen molar-refractivity contribution in [3.63, 3.8) is 0 Å². The first-order valence-corrected chi connectivity index (χ1v) is 14.9. The molecule has 1 unspecified atom stereocenters. The maximum Gasteiger partial charge on any atom is 0.417 e. The number of para-hydroxylation sites is 1. The third kappa shape index (κ3) is 8.23. The fraction of sp³-hybridized carbons (Fsp3) is 0.344. The van der Waals surface area contributed by atoms with E-state index in [2.05, 4.69) is 20.6 Å². The molecule has 4 rings (SSSR count). The normalized spacial score (nSPS) is 14.1. The lowest BCUT2D eigenvalue weighted by Crippen LogP contribution is -2.47. The van der Waals surface area contributed by atoms with Crippen LogP contribution in [0.3, 0.4) is 0 Å². The predicted molar refractivity (Wildman–Crippen MR) is 173 cm³/mol. The summed E-state index contributed by atoms with van der Waals surface area (Å²) in [6.07, 6.45) is 4.68. The van der Waals surface area contributed by atoms with Crippen molar-refractivity contribution in [2.45, 2.75) is 52.2 Å². The Hall–Kier alpha value is -4.22. The quantitative estimate of drug-likeness (QED) is 0.246. The molecule has 0 fully saturated rings. The van der Waals surface area contributed by atoms with Crippen LogP contribution in [0.1, 0.15) is 51.3 Å². The number of nitrogens with zero attached hydrogens (tertiary/aromatic N) is 3. The molecule has 12 heteroatoms. The highest BCUT2D eigenvalue weighted by atomic mass is 35.5. The molecule has 2 N–H and O–H groups in total. The van der Waals surface area contributed by atoms with E-state index in [-0.39, 0.29) is 23.0 Å². The van der Waals surface area contributed by atoms with Crippen molar-refractivity contribution >= 4 is 46.5 Å². The highest BCUT2D eigenvalue weighted by Crippen LogP contribution is 2.33. The van der Waals surface area contributed by atoms with Crippen LogP contribution in [0.15, 0.2) is 72.3 Å². The second-order valence-electron chi connectivity index (χ2n) is 11.1. The first-order valence-electron chi connectivity index (χ1n) is 14.1. The predicted octanol–water partition coefficient (Wildman–Crippen LogP) is 6.27. The number of halogens is 1. The number of nitrogens with one attached hydrogen (secondary N) is 2. The molecule has 1 aromatic carbocycles. The molecule has 10 nitrogen and oxygen atoms in total. The number of pyridine rings is 2. The van der Waals surface area contributed by atoms with Crippen molar-refractivity contribution in [1.82, 2.24) is 20.2 Å². The van der Waals surface area contributed by atoms with Crippen molar-refractivity contribution in [2.75, 3.05) is 25.6 Å². The molecule has 0 spiro atoms. The van der Waals surface area contributed by atoms with Crippen molar-refractivity contribution in [3.05, 3.63) is 88.6 Å². The van der Waals surface area contributed by atoms with Crippen LogP contribution in [0.5, 0.6) is 11.5 Å². The topological polar surface area (TPSA) is 115 Å². The van der Waals surface area contributed by atoms with Gasteiger partial charge >= 0.3 is 6.09 Å². The van der Waals surface area contributed by atoms with E-state index in [9.17, 15) is 9.59 Å². The summed E-state index contributed by atoms with van der Waals surface area (Å²) >= 11 is 12.0. The van der Waals surface area contributed by atoms with Gasteiger partial charge in [0, 0.05) is 54.8 Å². The summed E-state index contributed by atoms with van der Waals surface area (Å²) in [5.74, 6) is 0.458.